The van der Waals surface area contributed by atoms with Gasteiger partial charge in [-0.1, -0.05) is 172 Å². The van der Waals surface area contributed by atoms with Crippen LogP contribution >= 0.6 is 0 Å². The molecule has 0 unspecified atom stereocenters. The molecule has 4 heteroatoms. The summed E-state index contributed by atoms with van der Waals surface area (Å²) >= 11 is 0. The van der Waals surface area contributed by atoms with Crippen molar-refractivity contribution in [2.24, 2.45) is 0 Å². The summed E-state index contributed by atoms with van der Waals surface area (Å²) in [6, 6.07) is 99.0. The zero-order valence-electron chi connectivity index (χ0n) is 50.8. The Labute approximate surface area is 524 Å². The minimum Gasteiger partial charge on any atom is -0.310 e. The number of hydrogen-bond donors (Lipinski definition) is 0. The highest BCUT2D eigenvalue weighted by Gasteiger charge is 2.53. The highest BCUT2D eigenvalue weighted by atomic mass is 15.2. The van der Waals surface area contributed by atoms with Gasteiger partial charge in [0.2, 0.25) is 0 Å². The summed E-state index contributed by atoms with van der Waals surface area (Å²) in [6.07, 6.45) is 7.72. The lowest BCUT2D eigenvalue weighted by atomic mass is 9.70. The number of nitrogens with zero attached hydrogens (tertiary/aromatic N) is 4. The minimum absolute atomic E-state index is 0.918. The van der Waals surface area contributed by atoms with E-state index in [0.29, 0.717) is 0 Å². The maximum atomic E-state index is 4.22. The third-order valence-electron chi connectivity index (χ3n) is 17.7. The van der Waals surface area contributed by atoms with Gasteiger partial charge in [-0.2, -0.15) is 0 Å². The topological polar surface area (TPSA) is 13.0 Å². The van der Waals surface area contributed by atoms with Gasteiger partial charge in [-0.25, -0.2) is 0 Å². The van der Waals surface area contributed by atoms with Crippen LogP contribution in [0.2, 0.25) is 0 Å². The molecule has 0 saturated carbocycles. The molecule has 0 radical (unpaired) electrons. The standard InChI is InChI=1S/C85H68N4/c1-9-61-25-17-33-69(49-61)86(65-29-13-21-57(5)45-65)73-37-41-77-78-42-38-74(87(66-30-14-22-58(6)46-66)70-34-18-26-62(10-2)50-70)54-82(78)85(81(77)53-73)83-55-75(88(67-31-15-23-59(7)47-67)71-35-19-27-63(11-3)51-71)39-43-79(83)80-44-40-76(56-84(80)85)89(68-32-16-24-60(8)48-68)72-36-20-28-64(12-4)52-72/h9-56H,1-4H2,5-8H3. The fraction of sp³-hybridized carbons (Fsp3) is 0.0588. The largest absolute Gasteiger partial charge is 0.310 e. The Kier molecular flexibility index (Phi) is 14.3. The van der Waals surface area contributed by atoms with Crippen LogP contribution in [0.15, 0.2) is 293 Å². The van der Waals surface area contributed by atoms with Crippen LogP contribution in [0.3, 0.4) is 0 Å². The quantitative estimate of drug-likeness (QED) is 0.0956. The van der Waals surface area contributed by atoms with Crippen molar-refractivity contribution in [2.75, 3.05) is 19.6 Å². The number of anilines is 12. The summed E-state index contributed by atoms with van der Waals surface area (Å²) < 4.78 is 0. The normalized spacial score (nSPS) is 12.1. The zero-order chi connectivity index (χ0) is 60.9. The van der Waals surface area contributed by atoms with Crippen LogP contribution in [0.4, 0.5) is 68.2 Å². The molecule has 2 aliphatic rings. The summed E-state index contributed by atoms with van der Waals surface area (Å²) in [5.41, 5.74) is 30.0. The first-order chi connectivity index (χ1) is 43.5. The van der Waals surface area contributed by atoms with E-state index in [9.17, 15) is 0 Å². The molecule has 89 heavy (non-hydrogen) atoms. The zero-order valence-corrected chi connectivity index (χ0v) is 50.8. The molecule has 2 aliphatic carbocycles. The Bertz CT molecular complexity index is 4200. The Balaban J connectivity index is 1.12. The van der Waals surface area contributed by atoms with Crippen molar-refractivity contribution in [2.45, 2.75) is 33.1 Å². The van der Waals surface area contributed by atoms with Crippen LogP contribution < -0.4 is 19.6 Å². The van der Waals surface area contributed by atoms with Gasteiger partial charge in [0.1, 0.15) is 0 Å². The Morgan fingerprint density at radius 2 is 0.416 bits per heavy atom. The molecule has 0 bridgehead atoms. The lowest BCUT2D eigenvalue weighted by Crippen LogP contribution is -2.27. The molecule has 0 fully saturated rings. The fourth-order valence-electron chi connectivity index (χ4n) is 13.8. The SMILES string of the molecule is C=Cc1cccc(N(c2cccc(C)c2)c2ccc3c(c2)C2(c4cc(N(c5cccc(C)c5)c5cccc(C=C)c5)ccc4-3)c3cc(N(c4cccc(C)c4)c4cccc(C=C)c4)ccc3-c3ccc(N(c4cccc(C)c4)c4cccc(C=C)c4)cc32)c1. The third kappa shape index (κ3) is 9.86. The predicted octanol–water partition coefficient (Wildman–Crippen LogP) is 23.7. The van der Waals surface area contributed by atoms with Crippen molar-refractivity contribution < 1.29 is 0 Å². The number of aryl methyl sites for hydroxylation is 4. The molecule has 0 aromatic heterocycles. The van der Waals surface area contributed by atoms with Gasteiger partial charge in [0.25, 0.3) is 0 Å². The summed E-state index contributed by atoms with van der Waals surface area (Å²) in [4.78, 5) is 9.65. The molecule has 0 aliphatic heterocycles. The van der Waals surface area contributed by atoms with E-state index in [1.165, 1.54) is 66.8 Å². The summed E-state index contributed by atoms with van der Waals surface area (Å²) in [7, 11) is 0. The van der Waals surface area contributed by atoms with Gasteiger partial charge in [-0.15, -0.1) is 0 Å². The van der Waals surface area contributed by atoms with Crippen molar-refractivity contribution in [3.63, 3.8) is 0 Å². The van der Waals surface area contributed by atoms with Crippen LogP contribution in [-0.4, -0.2) is 0 Å². The molecule has 12 aromatic rings. The molecule has 0 amide bonds. The maximum Gasteiger partial charge on any atom is 0.0728 e. The van der Waals surface area contributed by atoms with Gasteiger partial charge in [0, 0.05) is 68.2 Å². The van der Waals surface area contributed by atoms with E-state index >= 15 is 0 Å². The van der Waals surface area contributed by atoms with Gasteiger partial charge < -0.3 is 19.6 Å². The second-order valence-electron chi connectivity index (χ2n) is 23.6. The molecule has 1 spiro atoms. The molecule has 12 aromatic carbocycles. The van der Waals surface area contributed by atoms with E-state index in [1.807, 2.05) is 24.3 Å². The average molecular weight is 1150 g/mol. The first kappa shape index (κ1) is 55.7. The van der Waals surface area contributed by atoms with Crippen molar-refractivity contribution in [3.8, 4) is 22.3 Å². The third-order valence-corrected chi connectivity index (χ3v) is 17.7. The van der Waals surface area contributed by atoms with Gasteiger partial charge in [0.05, 0.1) is 5.41 Å². The van der Waals surface area contributed by atoms with E-state index in [-0.39, 0.29) is 0 Å². The number of benzene rings is 12. The molecular formula is C85H68N4. The van der Waals surface area contributed by atoms with Crippen LogP contribution in [0.1, 0.15) is 66.8 Å². The molecular weight excluding hydrogens is 1080 g/mol. The lowest BCUT2D eigenvalue weighted by Gasteiger charge is -2.35. The average Bonchev–Trinajstić information content (AvgIpc) is 1.52. The molecule has 428 valence electrons. The van der Waals surface area contributed by atoms with Crippen LogP contribution in [0, 0.1) is 27.7 Å². The summed E-state index contributed by atoms with van der Waals surface area (Å²) in [5.74, 6) is 0. The van der Waals surface area contributed by atoms with Crippen molar-refractivity contribution >= 4 is 92.6 Å². The summed E-state index contributed by atoms with van der Waals surface area (Å²) in [5, 5.41) is 0. The van der Waals surface area contributed by atoms with Gasteiger partial charge in [0.15, 0.2) is 0 Å². The molecule has 0 N–H and O–H groups in total. The van der Waals surface area contributed by atoms with E-state index in [0.717, 1.165) is 90.5 Å². The second-order valence-corrected chi connectivity index (χ2v) is 23.6. The molecule has 0 heterocycles. The van der Waals surface area contributed by atoms with Crippen molar-refractivity contribution in [3.05, 3.63) is 360 Å². The van der Waals surface area contributed by atoms with Crippen molar-refractivity contribution in [1.29, 1.82) is 0 Å². The van der Waals surface area contributed by atoms with Crippen LogP contribution in [0.25, 0.3) is 46.6 Å². The van der Waals surface area contributed by atoms with E-state index < -0.39 is 5.41 Å². The maximum absolute atomic E-state index is 4.22. The fourth-order valence-corrected chi connectivity index (χ4v) is 13.8. The van der Waals surface area contributed by atoms with E-state index in [1.54, 1.807) is 0 Å². The van der Waals surface area contributed by atoms with Crippen molar-refractivity contribution in [1.82, 2.24) is 0 Å². The number of rotatable bonds is 16. The predicted molar refractivity (Wildman–Crippen MR) is 381 cm³/mol. The smallest absolute Gasteiger partial charge is 0.0728 e. The highest BCUT2D eigenvalue weighted by Crippen LogP contribution is 2.65. The molecule has 0 saturated heterocycles. The van der Waals surface area contributed by atoms with Gasteiger partial charge >= 0.3 is 0 Å². The Morgan fingerprint density at radius 3 is 0.618 bits per heavy atom. The number of hydrogen-bond acceptors (Lipinski definition) is 4. The van der Waals surface area contributed by atoms with Crippen LogP contribution in [-0.2, 0) is 5.41 Å². The van der Waals surface area contributed by atoms with E-state index in [2.05, 4.69) is 341 Å². The first-order valence-corrected chi connectivity index (χ1v) is 30.5. The second kappa shape index (κ2) is 22.9. The molecule has 14 rings (SSSR count). The first-order valence-electron chi connectivity index (χ1n) is 30.5. The minimum atomic E-state index is -0.918. The van der Waals surface area contributed by atoms with Gasteiger partial charge in [-0.3, -0.25) is 0 Å². The lowest BCUT2D eigenvalue weighted by molar-refractivity contribution is 0.793. The number of fused-ring (bicyclic) bond motifs is 10. The Hall–Kier alpha value is -11.2. The van der Waals surface area contributed by atoms with Crippen LogP contribution in [0.5, 0.6) is 0 Å². The highest BCUT2D eigenvalue weighted by molar-refractivity contribution is 6.00. The monoisotopic (exact) mass is 1140 g/mol. The van der Waals surface area contributed by atoms with Gasteiger partial charge in [-0.05, 0) is 262 Å². The Morgan fingerprint density at radius 1 is 0.225 bits per heavy atom. The molecule has 0 atom stereocenters. The van der Waals surface area contributed by atoms with E-state index in [4.69, 9.17) is 0 Å². The molecule has 4 nitrogen and oxygen atoms in total. The summed E-state index contributed by atoms with van der Waals surface area (Å²) in [6.45, 7) is 25.6.